The van der Waals surface area contributed by atoms with Crippen LogP contribution in [0.1, 0.15) is 5.56 Å². The van der Waals surface area contributed by atoms with Gasteiger partial charge in [-0.15, -0.1) is 0 Å². The highest BCUT2D eigenvalue weighted by atomic mass is 15.1. The molecular formula is C13H13N5. The number of nitrogens with two attached hydrogens (primary N) is 1. The van der Waals surface area contributed by atoms with Crippen LogP contribution < -0.4 is 5.73 Å². The van der Waals surface area contributed by atoms with Gasteiger partial charge < -0.3 is 10.3 Å². The first-order chi connectivity index (χ1) is 8.79. The summed E-state index contributed by atoms with van der Waals surface area (Å²) in [6.07, 6.45) is 3.54. The molecule has 3 aromatic rings. The SMILES string of the molecule is Cn1c(-c2ccc(CN)cn2)nc2cccnc21. The van der Waals surface area contributed by atoms with Gasteiger partial charge in [-0.05, 0) is 23.8 Å². The molecule has 3 rings (SSSR count). The maximum Gasteiger partial charge on any atom is 0.160 e. The lowest BCUT2D eigenvalue weighted by Crippen LogP contribution is -1.99. The molecule has 0 saturated carbocycles. The van der Waals surface area contributed by atoms with Crippen LogP contribution in [-0.4, -0.2) is 19.5 Å². The van der Waals surface area contributed by atoms with Crippen LogP contribution in [-0.2, 0) is 13.6 Å². The molecule has 5 nitrogen and oxygen atoms in total. The Hall–Kier alpha value is -2.27. The van der Waals surface area contributed by atoms with Crippen LogP contribution in [0.5, 0.6) is 0 Å². The maximum atomic E-state index is 5.56. The van der Waals surface area contributed by atoms with E-state index in [0.717, 1.165) is 28.2 Å². The Labute approximate surface area is 104 Å². The molecule has 0 aliphatic carbocycles. The largest absolute Gasteiger partial charge is 0.326 e. The van der Waals surface area contributed by atoms with E-state index in [1.54, 1.807) is 12.4 Å². The minimum Gasteiger partial charge on any atom is -0.326 e. The standard InChI is InChI=1S/C13H13N5/c1-18-12-11(3-2-6-15-12)17-13(18)10-5-4-9(7-14)8-16-10/h2-6,8H,7,14H2,1H3. The van der Waals surface area contributed by atoms with Gasteiger partial charge in [-0.2, -0.15) is 0 Å². The normalized spacial score (nSPS) is 11.0. The second-order valence-corrected chi connectivity index (χ2v) is 4.10. The Morgan fingerprint density at radius 2 is 2.11 bits per heavy atom. The highest BCUT2D eigenvalue weighted by Crippen LogP contribution is 2.20. The highest BCUT2D eigenvalue weighted by Gasteiger charge is 2.10. The molecule has 0 amide bonds. The van der Waals surface area contributed by atoms with Crippen LogP contribution in [0.2, 0.25) is 0 Å². The van der Waals surface area contributed by atoms with E-state index in [4.69, 9.17) is 5.73 Å². The van der Waals surface area contributed by atoms with Crippen molar-refractivity contribution in [2.24, 2.45) is 12.8 Å². The number of aromatic nitrogens is 4. The average molecular weight is 239 g/mol. The van der Waals surface area contributed by atoms with Crippen LogP contribution in [0.25, 0.3) is 22.7 Å². The molecule has 90 valence electrons. The average Bonchev–Trinajstić information content (AvgIpc) is 2.77. The van der Waals surface area contributed by atoms with Gasteiger partial charge in [0.2, 0.25) is 0 Å². The third-order valence-corrected chi connectivity index (χ3v) is 2.92. The third kappa shape index (κ3) is 1.65. The van der Waals surface area contributed by atoms with E-state index in [1.165, 1.54) is 0 Å². The molecule has 0 spiro atoms. The number of imidazole rings is 1. The predicted molar refractivity (Wildman–Crippen MR) is 69.6 cm³/mol. The molecule has 3 aromatic heterocycles. The van der Waals surface area contributed by atoms with Gasteiger partial charge in [-0.1, -0.05) is 6.07 Å². The summed E-state index contributed by atoms with van der Waals surface area (Å²) >= 11 is 0. The first kappa shape index (κ1) is 10.9. The van der Waals surface area contributed by atoms with Crippen molar-refractivity contribution in [3.8, 4) is 11.5 Å². The summed E-state index contributed by atoms with van der Waals surface area (Å²) in [5.74, 6) is 0.812. The number of nitrogens with zero attached hydrogens (tertiary/aromatic N) is 4. The van der Waals surface area contributed by atoms with Crippen LogP contribution in [0, 0.1) is 0 Å². The van der Waals surface area contributed by atoms with Crippen molar-refractivity contribution in [1.82, 2.24) is 19.5 Å². The molecular weight excluding hydrogens is 226 g/mol. The molecule has 0 aromatic carbocycles. The minimum absolute atomic E-state index is 0.497. The molecule has 5 heteroatoms. The molecule has 2 N–H and O–H groups in total. The lowest BCUT2D eigenvalue weighted by atomic mass is 10.2. The summed E-state index contributed by atoms with van der Waals surface area (Å²) < 4.78 is 1.94. The lowest BCUT2D eigenvalue weighted by molar-refractivity contribution is 0.932. The van der Waals surface area contributed by atoms with Gasteiger partial charge in [-0.25, -0.2) is 9.97 Å². The third-order valence-electron chi connectivity index (χ3n) is 2.92. The first-order valence-corrected chi connectivity index (χ1v) is 5.72. The van der Waals surface area contributed by atoms with Crippen molar-refractivity contribution >= 4 is 11.2 Å². The summed E-state index contributed by atoms with van der Waals surface area (Å²) in [7, 11) is 1.94. The molecule has 18 heavy (non-hydrogen) atoms. The molecule has 0 radical (unpaired) electrons. The molecule has 0 fully saturated rings. The highest BCUT2D eigenvalue weighted by molar-refractivity contribution is 5.75. The van der Waals surface area contributed by atoms with E-state index < -0.39 is 0 Å². The molecule has 0 aliphatic heterocycles. The van der Waals surface area contributed by atoms with E-state index in [-0.39, 0.29) is 0 Å². The van der Waals surface area contributed by atoms with E-state index >= 15 is 0 Å². The number of hydrogen-bond donors (Lipinski definition) is 1. The first-order valence-electron chi connectivity index (χ1n) is 5.72. The molecule has 0 aliphatic rings. The summed E-state index contributed by atoms with van der Waals surface area (Å²) in [6, 6.07) is 7.72. The number of aryl methyl sites for hydroxylation is 1. The van der Waals surface area contributed by atoms with Crippen LogP contribution >= 0.6 is 0 Å². The van der Waals surface area contributed by atoms with Gasteiger partial charge in [0, 0.05) is 26.0 Å². The van der Waals surface area contributed by atoms with Gasteiger partial charge in [0.05, 0.1) is 0 Å². The number of fused-ring (bicyclic) bond motifs is 1. The van der Waals surface area contributed by atoms with Crippen molar-refractivity contribution in [3.05, 3.63) is 42.2 Å². The molecule has 0 unspecified atom stereocenters. The molecule has 3 heterocycles. The fourth-order valence-electron chi connectivity index (χ4n) is 1.93. The van der Waals surface area contributed by atoms with Gasteiger partial charge in [-0.3, -0.25) is 4.98 Å². The summed E-state index contributed by atoms with van der Waals surface area (Å²) in [5, 5.41) is 0. The minimum atomic E-state index is 0.497. The topological polar surface area (TPSA) is 69.6 Å². The fraction of sp³-hybridized carbons (Fsp3) is 0.154. The predicted octanol–water partition coefficient (Wildman–Crippen LogP) is 1.49. The van der Waals surface area contributed by atoms with Gasteiger partial charge >= 0.3 is 0 Å². The van der Waals surface area contributed by atoms with Crippen molar-refractivity contribution in [3.63, 3.8) is 0 Å². The maximum absolute atomic E-state index is 5.56. The van der Waals surface area contributed by atoms with Gasteiger partial charge in [0.1, 0.15) is 11.2 Å². The lowest BCUT2D eigenvalue weighted by Gasteiger charge is -2.02. The van der Waals surface area contributed by atoms with Gasteiger partial charge in [0.25, 0.3) is 0 Å². The van der Waals surface area contributed by atoms with Crippen LogP contribution in [0.3, 0.4) is 0 Å². The van der Waals surface area contributed by atoms with Crippen LogP contribution in [0.15, 0.2) is 36.7 Å². The Morgan fingerprint density at radius 3 is 2.78 bits per heavy atom. The fourth-order valence-corrected chi connectivity index (χ4v) is 1.93. The summed E-state index contributed by atoms with van der Waals surface area (Å²) in [4.78, 5) is 13.2. The van der Waals surface area contributed by atoms with Crippen molar-refractivity contribution in [2.75, 3.05) is 0 Å². The molecule has 0 atom stereocenters. The van der Waals surface area contributed by atoms with Gasteiger partial charge in [0.15, 0.2) is 11.5 Å². The number of pyridine rings is 2. The Morgan fingerprint density at radius 1 is 1.22 bits per heavy atom. The Bertz CT molecular complexity index is 684. The molecule has 0 bridgehead atoms. The Kier molecular flexibility index (Phi) is 2.53. The summed E-state index contributed by atoms with van der Waals surface area (Å²) in [6.45, 7) is 0.497. The van der Waals surface area contributed by atoms with E-state index in [0.29, 0.717) is 6.54 Å². The van der Waals surface area contributed by atoms with Crippen molar-refractivity contribution < 1.29 is 0 Å². The Balaban J connectivity index is 2.15. The monoisotopic (exact) mass is 239 g/mol. The van der Waals surface area contributed by atoms with Crippen LogP contribution in [0.4, 0.5) is 0 Å². The smallest absolute Gasteiger partial charge is 0.160 e. The van der Waals surface area contributed by atoms with Crippen molar-refractivity contribution in [1.29, 1.82) is 0 Å². The van der Waals surface area contributed by atoms with Crippen molar-refractivity contribution in [2.45, 2.75) is 6.54 Å². The zero-order valence-electron chi connectivity index (χ0n) is 10.0. The quantitative estimate of drug-likeness (QED) is 0.735. The number of hydrogen-bond acceptors (Lipinski definition) is 4. The zero-order valence-corrected chi connectivity index (χ0v) is 10.0. The zero-order chi connectivity index (χ0) is 12.5. The molecule has 0 saturated heterocycles. The number of rotatable bonds is 2. The van der Waals surface area contributed by atoms with E-state index in [2.05, 4.69) is 15.0 Å². The second-order valence-electron chi connectivity index (χ2n) is 4.10. The summed E-state index contributed by atoms with van der Waals surface area (Å²) in [5.41, 5.74) is 9.13. The van der Waals surface area contributed by atoms with E-state index in [9.17, 15) is 0 Å². The second kappa shape index (κ2) is 4.19. The van der Waals surface area contributed by atoms with E-state index in [1.807, 2.05) is 35.9 Å².